The van der Waals surface area contributed by atoms with E-state index in [2.05, 4.69) is 20.9 Å². The highest BCUT2D eigenvalue weighted by Crippen LogP contribution is 2.36. The molecule has 106 valence electrons. The number of ether oxygens (including phenoxy) is 2. The molecule has 1 aromatic heterocycles. The van der Waals surface area contributed by atoms with Gasteiger partial charge >= 0.3 is 0 Å². The molecule has 2 aromatic rings. The largest absolute Gasteiger partial charge is 0.493 e. The van der Waals surface area contributed by atoms with Gasteiger partial charge in [0, 0.05) is 25.4 Å². The predicted octanol–water partition coefficient (Wildman–Crippen LogP) is 2.93. The van der Waals surface area contributed by atoms with Gasteiger partial charge in [-0.2, -0.15) is 0 Å². The molecule has 20 heavy (non-hydrogen) atoms. The lowest BCUT2D eigenvalue weighted by Gasteiger charge is -2.14. The number of aromatic nitrogens is 1. The summed E-state index contributed by atoms with van der Waals surface area (Å²) in [7, 11) is 1.62. The van der Waals surface area contributed by atoms with Gasteiger partial charge in [0.05, 0.1) is 18.2 Å². The zero-order chi connectivity index (χ0) is 14.4. The molecule has 0 aliphatic carbocycles. The number of halogens is 1. The Kier molecular flexibility index (Phi) is 5.38. The van der Waals surface area contributed by atoms with Crippen LogP contribution in [0.5, 0.6) is 11.5 Å². The number of nitrogens with two attached hydrogens (primary N) is 1. The monoisotopic (exact) mass is 336 g/mol. The predicted molar refractivity (Wildman–Crippen MR) is 82.0 cm³/mol. The zero-order valence-corrected chi connectivity index (χ0v) is 12.9. The van der Waals surface area contributed by atoms with Crippen LogP contribution in [0.15, 0.2) is 41.1 Å². The highest BCUT2D eigenvalue weighted by atomic mass is 79.9. The van der Waals surface area contributed by atoms with Crippen molar-refractivity contribution >= 4 is 15.9 Å². The molecule has 0 fully saturated rings. The van der Waals surface area contributed by atoms with Crippen LogP contribution in [0.4, 0.5) is 0 Å². The van der Waals surface area contributed by atoms with Gasteiger partial charge in [-0.05, 0) is 45.3 Å². The molecule has 1 heterocycles. The molecule has 0 unspecified atom stereocenters. The molecule has 5 heteroatoms. The van der Waals surface area contributed by atoms with E-state index in [4.69, 9.17) is 15.2 Å². The highest BCUT2D eigenvalue weighted by molar-refractivity contribution is 9.10. The molecule has 0 aliphatic heterocycles. The summed E-state index contributed by atoms with van der Waals surface area (Å²) in [6.07, 6.45) is 4.39. The van der Waals surface area contributed by atoms with E-state index in [1.165, 1.54) is 0 Å². The summed E-state index contributed by atoms with van der Waals surface area (Å²) in [6.45, 7) is 1.02. The van der Waals surface area contributed by atoms with Crippen LogP contribution in [-0.4, -0.2) is 18.7 Å². The molecule has 0 aliphatic rings. The summed E-state index contributed by atoms with van der Waals surface area (Å²) in [4.78, 5) is 4.08. The summed E-state index contributed by atoms with van der Waals surface area (Å²) in [6, 6.07) is 7.79. The van der Waals surface area contributed by atoms with Crippen LogP contribution in [-0.2, 0) is 13.0 Å². The molecule has 0 bridgehead atoms. The van der Waals surface area contributed by atoms with Crippen LogP contribution in [0.3, 0.4) is 0 Å². The molecule has 0 atom stereocenters. The highest BCUT2D eigenvalue weighted by Gasteiger charge is 2.11. The third kappa shape index (κ3) is 3.71. The second kappa shape index (κ2) is 7.26. The van der Waals surface area contributed by atoms with E-state index in [9.17, 15) is 0 Å². The summed E-state index contributed by atoms with van der Waals surface area (Å²) in [5.41, 5.74) is 7.78. The molecule has 0 spiro atoms. The lowest BCUT2D eigenvalue weighted by atomic mass is 10.2. The summed E-state index contributed by atoms with van der Waals surface area (Å²) < 4.78 is 12.0. The van der Waals surface area contributed by atoms with Gasteiger partial charge in [0.2, 0.25) is 0 Å². The average Bonchev–Trinajstić information content (AvgIpc) is 2.49. The van der Waals surface area contributed by atoms with E-state index in [0.717, 1.165) is 22.0 Å². The van der Waals surface area contributed by atoms with Crippen molar-refractivity contribution in [1.29, 1.82) is 0 Å². The summed E-state index contributed by atoms with van der Waals surface area (Å²) in [5.74, 6) is 1.39. The van der Waals surface area contributed by atoms with Crippen molar-refractivity contribution in [2.24, 2.45) is 5.73 Å². The van der Waals surface area contributed by atoms with Crippen molar-refractivity contribution in [2.45, 2.75) is 13.0 Å². The number of pyridine rings is 1. The van der Waals surface area contributed by atoms with Crippen molar-refractivity contribution < 1.29 is 9.47 Å². The first-order chi connectivity index (χ1) is 9.74. The lowest BCUT2D eigenvalue weighted by molar-refractivity contribution is 0.295. The smallest absolute Gasteiger partial charge is 0.175 e. The average molecular weight is 337 g/mol. The second-order valence-corrected chi connectivity index (χ2v) is 5.13. The molecule has 0 amide bonds. The third-order valence-corrected chi connectivity index (χ3v) is 3.47. The van der Waals surface area contributed by atoms with Crippen molar-refractivity contribution in [2.75, 3.05) is 13.7 Å². The fourth-order valence-corrected chi connectivity index (χ4v) is 2.45. The van der Waals surface area contributed by atoms with Gasteiger partial charge in [0.15, 0.2) is 11.5 Å². The van der Waals surface area contributed by atoms with Gasteiger partial charge in [0.1, 0.15) is 0 Å². The van der Waals surface area contributed by atoms with Crippen LogP contribution in [0.25, 0.3) is 0 Å². The number of hydrogen-bond donors (Lipinski definition) is 1. The first-order valence-electron chi connectivity index (χ1n) is 6.32. The fraction of sp³-hybridized carbons (Fsp3) is 0.267. The standard InChI is InChI=1S/C15H17BrN2O2/c1-19-14-8-12(9-17)7-13(16)15(14)20-6-4-11-3-2-5-18-10-11/h2-3,5,7-8,10H,4,6,9,17H2,1H3. The van der Waals surface area contributed by atoms with Crippen LogP contribution in [0.1, 0.15) is 11.1 Å². The number of methoxy groups -OCH3 is 1. The maximum atomic E-state index is 5.82. The molecule has 4 nitrogen and oxygen atoms in total. The maximum Gasteiger partial charge on any atom is 0.175 e. The van der Waals surface area contributed by atoms with Crippen LogP contribution >= 0.6 is 15.9 Å². The quantitative estimate of drug-likeness (QED) is 0.881. The molecule has 0 saturated heterocycles. The minimum Gasteiger partial charge on any atom is -0.493 e. The van der Waals surface area contributed by atoms with Gasteiger partial charge in [-0.3, -0.25) is 4.98 Å². The van der Waals surface area contributed by atoms with Gasteiger partial charge in [-0.25, -0.2) is 0 Å². The van der Waals surface area contributed by atoms with E-state index < -0.39 is 0 Å². The molecule has 0 saturated carbocycles. The Balaban J connectivity index is 2.05. The van der Waals surface area contributed by atoms with Gasteiger partial charge in [-0.1, -0.05) is 6.07 Å². The minimum atomic E-state index is 0.463. The van der Waals surface area contributed by atoms with Crippen LogP contribution < -0.4 is 15.2 Å². The molecule has 1 aromatic carbocycles. The molecule has 2 N–H and O–H groups in total. The third-order valence-electron chi connectivity index (χ3n) is 2.88. The molecular formula is C15H17BrN2O2. The Morgan fingerprint density at radius 1 is 1.30 bits per heavy atom. The Bertz CT molecular complexity index is 561. The number of hydrogen-bond acceptors (Lipinski definition) is 4. The number of benzene rings is 1. The molecular weight excluding hydrogens is 320 g/mol. The Morgan fingerprint density at radius 3 is 2.80 bits per heavy atom. The fourth-order valence-electron chi connectivity index (χ4n) is 1.85. The Labute approximate surface area is 127 Å². The van der Waals surface area contributed by atoms with Gasteiger partial charge < -0.3 is 15.2 Å². The lowest BCUT2D eigenvalue weighted by Crippen LogP contribution is -2.05. The van der Waals surface area contributed by atoms with Crippen molar-refractivity contribution in [3.63, 3.8) is 0 Å². The van der Waals surface area contributed by atoms with E-state index in [0.29, 0.717) is 24.7 Å². The van der Waals surface area contributed by atoms with Gasteiger partial charge in [0.25, 0.3) is 0 Å². The van der Waals surface area contributed by atoms with Crippen molar-refractivity contribution in [3.05, 3.63) is 52.3 Å². The normalized spacial score (nSPS) is 10.3. The van der Waals surface area contributed by atoms with Crippen molar-refractivity contribution in [1.82, 2.24) is 4.98 Å². The SMILES string of the molecule is COc1cc(CN)cc(Br)c1OCCc1cccnc1. The van der Waals surface area contributed by atoms with E-state index >= 15 is 0 Å². The Hall–Kier alpha value is -1.59. The van der Waals surface area contributed by atoms with Gasteiger partial charge in [-0.15, -0.1) is 0 Å². The molecule has 0 radical (unpaired) electrons. The second-order valence-electron chi connectivity index (χ2n) is 4.27. The van der Waals surface area contributed by atoms with Crippen LogP contribution in [0, 0.1) is 0 Å². The Morgan fingerprint density at radius 2 is 2.15 bits per heavy atom. The van der Waals surface area contributed by atoms with E-state index in [1.54, 1.807) is 13.3 Å². The van der Waals surface area contributed by atoms with E-state index in [1.807, 2.05) is 30.5 Å². The summed E-state index contributed by atoms with van der Waals surface area (Å²) >= 11 is 3.49. The molecule has 2 rings (SSSR count). The van der Waals surface area contributed by atoms with Crippen molar-refractivity contribution in [3.8, 4) is 11.5 Å². The maximum absolute atomic E-state index is 5.82. The first kappa shape index (κ1) is 14.8. The van der Waals surface area contributed by atoms with Crippen LogP contribution in [0.2, 0.25) is 0 Å². The number of nitrogens with zero attached hydrogens (tertiary/aromatic N) is 1. The zero-order valence-electron chi connectivity index (χ0n) is 11.3. The summed E-state index contributed by atoms with van der Waals surface area (Å²) in [5, 5.41) is 0. The van der Waals surface area contributed by atoms with E-state index in [-0.39, 0.29) is 0 Å². The topological polar surface area (TPSA) is 57.4 Å². The number of rotatable bonds is 6. The first-order valence-corrected chi connectivity index (χ1v) is 7.12. The minimum absolute atomic E-state index is 0.463.